The maximum atomic E-state index is 6.00. The molecule has 1 aromatic carbocycles. The molecule has 18 heavy (non-hydrogen) atoms. The van der Waals surface area contributed by atoms with Crippen LogP contribution >= 0.6 is 11.6 Å². The summed E-state index contributed by atoms with van der Waals surface area (Å²) in [6.45, 7) is 1.94. The van der Waals surface area contributed by atoms with Gasteiger partial charge in [-0.25, -0.2) is 4.98 Å². The van der Waals surface area contributed by atoms with E-state index in [-0.39, 0.29) is 0 Å². The van der Waals surface area contributed by atoms with Crippen LogP contribution in [-0.2, 0) is 0 Å². The molecule has 1 aromatic heterocycles. The molecule has 4 N–H and O–H groups in total. The lowest BCUT2D eigenvalue weighted by atomic mass is 10.0. The Hall–Kier alpha value is -1.94. The van der Waals surface area contributed by atoms with Crippen LogP contribution in [0.5, 0.6) is 5.75 Å². The number of nitrogens with zero attached hydrogens (tertiary/aromatic N) is 1. The molecule has 2 rings (SSSR count). The molecule has 0 atom stereocenters. The van der Waals surface area contributed by atoms with E-state index in [1.165, 1.54) is 0 Å². The number of nitrogen functional groups attached to an aromatic ring is 2. The third-order valence-electron chi connectivity index (χ3n) is 2.70. The van der Waals surface area contributed by atoms with E-state index in [9.17, 15) is 0 Å². The molecule has 2 aromatic rings. The normalized spacial score (nSPS) is 10.4. The summed E-state index contributed by atoms with van der Waals surface area (Å²) in [7, 11) is 1.59. The second kappa shape index (κ2) is 4.74. The summed E-state index contributed by atoms with van der Waals surface area (Å²) < 4.78 is 5.34. The highest BCUT2D eigenvalue weighted by Crippen LogP contribution is 2.35. The molecule has 5 heteroatoms. The van der Waals surface area contributed by atoms with Crippen LogP contribution in [0.15, 0.2) is 24.3 Å². The second-order valence-electron chi connectivity index (χ2n) is 3.97. The van der Waals surface area contributed by atoms with Crippen molar-refractivity contribution in [3.8, 4) is 17.0 Å². The molecule has 0 saturated carbocycles. The van der Waals surface area contributed by atoms with Crippen LogP contribution in [-0.4, -0.2) is 12.1 Å². The first-order valence-corrected chi connectivity index (χ1v) is 5.77. The monoisotopic (exact) mass is 263 g/mol. The predicted octanol–water partition coefficient (Wildman–Crippen LogP) is 2.88. The number of halogens is 1. The first-order chi connectivity index (χ1) is 8.52. The predicted molar refractivity (Wildman–Crippen MR) is 74.8 cm³/mol. The van der Waals surface area contributed by atoms with Crippen LogP contribution in [0, 0.1) is 6.92 Å². The number of aryl methyl sites for hydroxylation is 1. The van der Waals surface area contributed by atoms with Gasteiger partial charge in [0, 0.05) is 10.6 Å². The van der Waals surface area contributed by atoms with Gasteiger partial charge in [0.2, 0.25) is 0 Å². The van der Waals surface area contributed by atoms with E-state index in [1.54, 1.807) is 19.2 Å². The number of pyridine rings is 1. The van der Waals surface area contributed by atoms with Crippen molar-refractivity contribution in [2.45, 2.75) is 6.92 Å². The number of anilines is 2. The van der Waals surface area contributed by atoms with Gasteiger partial charge in [0.25, 0.3) is 0 Å². The van der Waals surface area contributed by atoms with Crippen molar-refractivity contribution in [1.82, 2.24) is 4.98 Å². The Kier molecular flexibility index (Phi) is 3.30. The quantitative estimate of drug-likeness (QED) is 0.874. The van der Waals surface area contributed by atoms with Gasteiger partial charge in [0.1, 0.15) is 11.6 Å². The van der Waals surface area contributed by atoms with Gasteiger partial charge in [-0.3, -0.25) is 0 Å². The van der Waals surface area contributed by atoms with Gasteiger partial charge in [-0.2, -0.15) is 0 Å². The standard InChI is InChI=1S/C13H14ClN3O/c1-7-5-8(14)6-11(18-2)12(7)10-4-3-9(15)13(16)17-10/h3-6H,15H2,1-2H3,(H2,16,17). The zero-order valence-corrected chi connectivity index (χ0v) is 11.0. The van der Waals surface area contributed by atoms with Crippen molar-refractivity contribution in [2.24, 2.45) is 0 Å². The molecule has 94 valence electrons. The van der Waals surface area contributed by atoms with Gasteiger partial charge < -0.3 is 16.2 Å². The Balaban J connectivity index is 2.66. The summed E-state index contributed by atoms with van der Waals surface area (Å²) >= 11 is 6.00. The molecule has 0 saturated heterocycles. The Morgan fingerprint density at radius 3 is 2.56 bits per heavy atom. The number of nitrogens with two attached hydrogens (primary N) is 2. The molecule has 0 aliphatic carbocycles. The zero-order valence-electron chi connectivity index (χ0n) is 10.2. The summed E-state index contributed by atoms with van der Waals surface area (Å²) in [5.41, 5.74) is 14.4. The molecule has 0 aliphatic heterocycles. The third-order valence-corrected chi connectivity index (χ3v) is 2.92. The van der Waals surface area contributed by atoms with E-state index >= 15 is 0 Å². The van der Waals surface area contributed by atoms with Crippen molar-refractivity contribution < 1.29 is 4.74 Å². The molecular weight excluding hydrogens is 250 g/mol. The van der Waals surface area contributed by atoms with Crippen molar-refractivity contribution in [1.29, 1.82) is 0 Å². The van der Waals surface area contributed by atoms with E-state index in [2.05, 4.69) is 4.98 Å². The van der Waals surface area contributed by atoms with E-state index < -0.39 is 0 Å². The van der Waals surface area contributed by atoms with Gasteiger partial charge in [0.05, 0.1) is 18.5 Å². The molecule has 1 heterocycles. The minimum absolute atomic E-state index is 0.309. The number of hydrogen-bond acceptors (Lipinski definition) is 4. The number of benzene rings is 1. The Morgan fingerprint density at radius 1 is 1.22 bits per heavy atom. The first kappa shape index (κ1) is 12.5. The average Bonchev–Trinajstić information content (AvgIpc) is 2.32. The van der Waals surface area contributed by atoms with Gasteiger partial charge >= 0.3 is 0 Å². The maximum Gasteiger partial charge on any atom is 0.147 e. The van der Waals surface area contributed by atoms with Crippen molar-refractivity contribution in [3.05, 3.63) is 34.9 Å². The molecule has 4 nitrogen and oxygen atoms in total. The molecule has 0 fully saturated rings. The Labute approximate surface area is 111 Å². The fraction of sp³-hybridized carbons (Fsp3) is 0.154. The van der Waals surface area contributed by atoms with Crippen molar-refractivity contribution in [2.75, 3.05) is 18.6 Å². The van der Waals surface area contributed by atoms with Crippen molar-refractivity contribution in [3.63, 3.8) is 0 Å². The average molecular weight is 264 g/mol. The van der Waals surface area contributed by atoms with E-state index in [0.29, 0.717) is 28.0 Å². The molecule has 0 spiro atoms. The lowest BCUT2D eigenvalue weighted by Gasteiger charge is -2.12. The van der Waals surface area contributed by atoms with E-state index in [1.807, 2.05) is 19.1 Å². The highest BCUT2D eigenvalue weighted by Gasteiger charge is 2.13. The first-order valence-electron chi connectivity index (χ1n) is 5.39. The van der Waals surface area contributed by atoms with Gasteiger partial charge in [-0.1, -0.05) is 11.6 Å². The van der Waals surface area contributed by atoms with Crippen LogP contribution < -0.4 is 16.2 Å². The van der Waals surface area contributed by atoms with Gasteiger partial charge in [-0.15, -0.1) is 0 Å². The fourth-order valence-corrected chi connectivity index (χ4v) is 2.09. The SMILES string of the molecule is COc1cc(Cl)cc(C)c1-c1ccc(N)c(N)n1. The van der Waals surface area contributed by atoms with E-state index in [0.717, 1.165) is 11.1 Å². The smallest absolute Gasteiger partial charge is 0.147 e. The number of rotatable bonds is 2. The summed E-state index contributed by atoms with van der Waals surface area (Å²) in [5, 5.41) is 0.622. The number of ether oxygens (including phenoxy) is 1. The van der Waals surface area contributed by atoms with Crippen LogP contribution in [0.4, 0.5) is 11.5 Å². The third kappa shape index (κ3) is 2.19. The fourth-order valence-electron chi connectivity index (χ4n) is 1.83. The second-order valence-corrected chi connectivity index (χ2v) is 4.41. The molecule has 0 radical (unpaired) electrons. The molecular formula is C13H14ClN3O. The molecule has 0 unspecified atom stereocenters. The molecule has 0 aliphatic rings. The number of hydrogen-bond donors (Lipinski definition) is 2. The summed E-state index contributed by atoms with van der Waals surface area (Å²) in [5.74, 6) is 0.973. The molecule has 0 amide bonds. The molecule has 0 bridgehead atoms. The lowest BCUT2D eigenvalue weighted by molar-refractivity contribution is 0.416. The summed E-state index contributed by atoms with van der Waals surface area (Å²) in [4.78, 5) is 4.27. The summed E-state index contributed by atoms with van der Waals surface area (Å²) in [6.07, 6.45) is 0. The minimum atomic E-state index is 0.309. The van der Waals surface area contributed by atoms with Crippen LogP contribution in [0.3, 0.4) is 0 Å². The zero-order chi connectivity index (χ0) is 13.3. The summed E-state index contributed by atoms with van der Waals surface area (Å²) in [6, 6.07) is 7.14. The lowest BCUT2D eigenvalue weighted by Crippen LogP contribution is -2.00. The largest absolute Gasteiger partial charge is 0.496 e. The minimum Gasteiger partial charge on any atom is -0.496 e. The Bertz CT molecular complexity index is 599. The van der Waals surface area contributed by atoms with E-state index in [4.69, 9.17) is 27.8 Å². The maximum absolute atomic E-state index is 6.00. The van der Waals surface area contributed by atoms with Crippen LogP contribution in [0.25, 0.3) is 11.3 Å². The van der Waals surface area contributed by atoms with Crippen LogP contribution in [0.2, 0.25) is 5.02 Å². The van der Waals surface area contributed by atoms with Crippen molar-refractivity contribution >= 4 is 23.1 Å². The highest BCUT2D eigenvalue weighted by molar-refractivity contribution is 6.31. The number of aromatic nitrogens is 1. The number of methoxy groups -OCH3 is 1. The highest BCUT2D eigenvalue weighted by atomic mass is 35.5. The van der Waals surface area contributed by atoms with Crippen LogP contribution in [0.1, 0.15) is 5.56 Å². The topological polar surface area (TPSA) is 74.2 Å². The van der Waals surface area contributed by atoms with Gasteiger partial charge in [-0.05, 0) is 36.8 Å². The van der Waals surface area contributed by atoms with Gasteiger partial charge in [0.15, 0.2) is 0 Å². The Morgan fingerprint density at radius 2 is 1.94 bits per heavy atom.